The van der Waals surface area contributed by atoms with Crippen LogP contribution < -0.4 is 5.32 Å². The molecule has 0 fully saturated rings. The van der Waals surface area contributed by atoms with E-state index in [4.69, 9.17) is 4.74 Å². The van der Waals surface area contributed by atoms with Gasteiger partial charge in [0, 0.05) is 18.3 Å². The molecule has 2 N–H and O–H groups in total. The van der Waals surface area contributed by atoms with Crippen molar-refractivity contribution in [3.8, 4) is 0 Å². The number of aromatic nitrogens is 1. The van der Waals surface area contributed by atoms with E-state index in [1.165, 1.54) is 0 Å². The zero-order valence-electron chi connectivity index (χ0n) is 11.2. The first kappa shape index (κ1) is 13.4. The second-order valence-electron chi connectivity index (χ2n) is 4.35. The molecule has 1 unspecified atom stereocenters. The summed E-state index contributed by atoms with van der Waals surface area (Å²) in [4.78, 5) is 26.8. The lowest BCUT2D eigenvalue weighted by Gasteiger charge is -2.16. The molecule has 1 aliphatic heterocycles. The van der Waals surface area contributed by atoms with E-state index in [0.717, 1.165) is 11.1 Å². The Labute approximate surface area is 112 Å². The van der Waals surface area contributed by atoms with Crippen LogP contribution in [0.4, 0.5) is 0 Å². The highest BCUT2D eigenvalue weighted by atomic mass is 16.5. The molecule has 19 heavy (non-hydrogen) atoms. The summed E-state index contributed by atoms with van der Waals surface area (Å²) in [6.45, 7) is 4.51. The predicted molar refractivity (Wildman–Crippen MR) is 71.5 cm³/mol. The number of nitrogens with one attached hydrogen (secondary N) is 2. The topological polar surface area (TPSA) is 71.2 Å². The number of aromatic amines is 1. The molecule has 0 saturated carbocycles. The molecule has 0 aliphatic carbocycles. The number of hydrogen-bond donors (Lipinski definition) is 2. The van der Waals surface area contributed by atoms with E-state index in [0.29, 0.717) is 25.3 Å². The summed E-state index contributed by atoms with van der Waals surface area (Å²) >= 11 is 0. The summed E-state index contributed by atoms with van der Waals surface area (Å²) in [6.07, 6.45) is 4.24. The van der Waals surface area contributed by atoms with Crippen LogP contribution in [0.3, 0.4) is 0 Å². The van der Waals surface area contributed by atoms with Crippen molar-refractivity contribution in [3.05, 3.63) is 29.6 Å². The van der Waals surface area contributed by atoms with Crippen LogP contribution in [0.25, 0.3) is 5.57 Å². The van der Waals surface area contributed by atoms with Gasteiger partial charge < -0.3 is 15.0 Å². The van der Waals surface area contributed by atoms with Gasteiger partial charge in [-0.15, -0.1) is 0 Å². The Hall–Kier alpha value is -2.04. The summed E-state index contributed by atoms with van der Waals surface area (Å²) in [7, 11) is 0. The molecule has 5 nitrogen and oxygen atoms in total. The third-order valence-electron chi connectivity index (χ3n) is 3.22. The molecule has 0 bridgehead atoms. The van der Waals surface area contributed by atoms with Crippen LogP contribution in [0.2, 0.25) is 0 Å². The van der Waals surface area contributed by atoms with Crippen molar-refractivity contribution in [2.24, 2.45) is 5.92 Å². The first-order valence-electron chi connectivity index (χ1n) is 6.51. The third kappa shape index (κ3) is 2.54. The monoisotopic (exact) mass is 262 g/mol. The first-order chi connectivity index (χ1) is 9.19. The highest BCUT2D eigenvalue weighted by Crippen LogP contribution is 2.30. The maximum Gasteiger partial charge on any atom is 0.313 e. The molecule has 1 aromatic rings. The summed E-state index contributed by atoms with van der Waals surface area (Å²) in [6, 6.07) is 1.83. The lowest BCUT2D eigenvalue weighted by Crippen LogP contribution is -2.22. The highest BCUT2D eigenvalue weighted by molar-refractivity contribution is 6.01. The molecule has 5 heteroatoms. The number of carbonyl (C=O) groups excluding carboxylic acids is 2. The minimum Gasteiger partial charge on any atom is -0.466 e. The van der Waals surface area contributed by atoms with Gasteiger partial charge in [0.15, 0.2) is 0 Å². The summed E-state index contributed by atoms with van der Waals surface area (Å²) in [5.74, 6) is -0.718. The van der Waals surface area contributed by atoms with E-state index in [1.807, 2.05) is 19.1 Å². The van der Waals surface area contributed by atoms with E-state index in [2.05, 4.69) is 10.3 Å². The van der Waals surface area contributed by atoms with E-state index in [1.54, 1.807) is 13.1 Å². The van der Waals surface area contributed by atoms with Crippen LogP contribution in [-0.2, 0) is 9.53 Å². The van der Waals surface area contributed by atoms with Crippen molar-refractivity contribution in [2.45, 2.75) is 20.3 Å². The molecule has 0 radical (unpaired) electrons. The van der Waals surface area contributed by atoms with Crippen molar-refractivity contribution in [2.75, 3.05) is 13.2 Å². The van der Waals surface area contributed by atoms with Gasteiger partial charge in [0.05, 0.1) is 12.5 Å². The van der Waals surface area contributed by atoms with Gasteiger partial charge in [-0.3, -0.25) is 9.59 Å². The lowest BCUT2D eigenvalue weighted by molar-refractivity contribution is -0.145. The minimum atomic E-state index is -0.331. The van der Waals surface area contributed by atoms with Crippen molar-refractivity contribution in [1.82, 2.24) is 10.3 Å². The largest absolute Gasteiger partial charge is 0.466 e. The van der Waals surface area contributed by atoms with Crippen LogP contribution in [0, 0.1) is 5.92 Å². The van der Waals surface area contributed by atoms with E-state index < -0.39 is 0 Å². The van der Waals surface area contributed by atoms with Crippen LogP contribution in [0.5, 0.6) is 0 Å². The first-order valence-corrected chi connectivity index (χ1v) is 6.51. The summed E-state index contributed by atoms with van der Waals surface area (Å²) < 4.78 is 5.11. The van der Waals surface area contributed by atoms with Crippen molar-refractivity contribution in [3.63, 3.8) is 0 Å². The molecule has 0 saturated heterocycles. The Morgan fingerprint density at radius 2 is 2.26 bits per heavy atom. The maximum absolute atomic E-state index is 12.0. The van der Waals surface area contributed by atoms with Crippen LogP contribution >= 0.6 is 0 Å². The van der Waals surface area contributed by atoms with E-state index in [9.17, 15) is 9.59 Å². The molecule has 2 heterocycles. The average Bonchev–Trinajstić information content (AvgIpc) is 2.81. The molecule has 0 aromatic carbocycles. The molecule has 1 aromatic heterocycles. The second kappa shape index (κ2) is 5.73. The molecular weight excluding hydrogens is 244 g/mol. The lowest BCUT2D eigenvalue weighted by atomic mass is 9.90. The van der Waals surface area contributed by atoms with Crippen LogP contribution in [0.15, 0.2) is 18.3 Å². The van der Waals surface area contributed by atoms with Gasteiger partial charge in [-0.25, -0.2) is 0 Å². The Morgan fingerprint density at radius 3 is 2.95 bits per heavy atom. The van der Waals surface area contributed by atoms with Gasteiger partial charge in [-0.2, -0.15) is 0 Å². The molecule has 1 atom stereocenters. The second-order valence-corrected chi connectivity index (χ2v) is 4.35. The number of esters is 1. The quantitative estimate of drug-likeness (QED) is 0.812. The maximum atomic E-state index is 12.0. The van der Waals surface area contributed by atoms with Crippen molar-refractivity contribution < 1.29 is 14.3 Å². The van der Waals surface area contributed by atoms with Gasteiger partial charge >= 0.3 is 5.97 Å². The number of amides is 1. The fourth-order valence-electron chi connectivity index (χ4n) is 2.34. The number of carbonyl (C=O) groups is 2. The Kier molecular flexibility index (Phi) is 4.04. The number of hydrogen-bond acceptors (Lipinski definition) is 3. The fraction of sp³-hybridized carbons (Fsp3) is 0.429. The molecule has 102 valence electrons. The summed E-state index contributed by atoms with van der Waals surface area (Å²) in [5, 5.41) is 2.77. The zero-order chi connectivity index (χ0) is 13.8. The van der Waals surface area contributed by atoms with E-state index >= 15 is 0 Å². The Bertz CT molecular complexity index is 517. The molecule has 1 aliphatic rings. The van der Waals surface area contributed by atoms with Gasteiger partial charge in [-0.1, -0.05) is 13.0 Å². The van der Waals surface area contributed by atoms with Crippen LogP contribution in [0.1, 0.15) is 36.3 Å². The third-order valence-corrected chi connectivity index (χ3v) is 3.22. The summed E-state index contributed by atoms with van der Waals surface area (Å²) in [5.41, 5.74) is 2.15. The average molecular weight is 262 g/mol. The van der Waals surface area contributed by atoms with E-state index in [-0.39, 0.29) is 17.8 Å². The van der Waals surface area contributed by atoms with Gasteiger partial charge in [-0.05, 0) is 25.0 Å². The van der Waals surface area contributed by atoms with Gasteiger partial charge in [0.25, 0.3) is 5.91 Å². The zero-order valence-corrected chi connectivity index (χ0v) is 11.2. The number of rotatable bonds is 4. The number of H-pyrrole nitrogens is 1. The number of ether oxygens (including phenoxy) is 1. The normalized spacial score (nSPS) is 15.9. The van der Waals surface area contributed by atoms with Crippen molar-refractivity contribution >= 4 is 17.4 Å². The molecular formula is C14H18N2O3. The SMILES string of the molecule is CCOC(=O)C(CC)C1=CCNC(=O)c2[nH]ccc21. The number of fused-ring (bicyclic) bond motifs is 1. The molecule has 1 amide bonds. The molecule has 0 spiro atoms. The predicted octanol–water partition coefficient (Wildman–Crippen LogP) is 1.73. The van der Waals surface area contributed by atoms with Crippen molar-refractivity contribution in [1.29, 1.82) is 0 Å². The molecule has 2 rings (SSSR count). The van der Waals surface area contributed by atoms with Crippen LogP contribution in [-0.4, -0.2) is 30.0 Å². The van der Waals surface area contributed by atoms with Gasteiger partial charge in [0.2, 0.25) is 0 Å². The van der Waals surface area contributed by atoms with Gasteiger partial charge in [0.1, 0.15) is 5.69 Å². The standard InChI is InChI=1S/C14H18N2O3/c1-3-9(14(18)19-4-2)10-5-8-16-13(17)12-11(10)6-7-15-12/h5-7,9,15H,3-4,8H2,1-2H3,(H,16,17). The smallest absolute Gasteiger partial charge is 0.313 e. The Morgan fingerprint density at radius 1 is 1.47 bits per heavy atom. The fourth-order valence-corrected chi connectivity index (χ4v) is 2.34. The Balaban J connectivity index is 2.38. The highest BCUT2D eigenvalue weighted by Gasteiger charge is 2.28. The minimum absolute atomic E-state index is 0.148.